The van der Waals surface area contributed by atoms with Crippen LogP contribution in [0.15, 0.2) is 24.3 Å². The third-order valence-corrected chi connectivity index (χ3v) is 3.67. The second kappa shape index (κ2) is 8.39. The smallest absolute Gasteiger partial charge is 0.342 e. The summed E-state index contributed by atoms with van der Waals surface area (Å²) >= 11 is 0. The predicted octanol–water partition coefficient (Wildman–Crippen LogP) is 3.43. The molecule has 22 heavy (non-hydrogen) atoms. The van der Waals surface area contributed by atoms with Crippen molar-refractivity contribution in [2.24, 2.45) is 5.73 Å². The Morgan fingerprint density at radius 1 is 1.27 bits per heavy atom. The molecule has 3 nitrogen and oxygen atoms in total. The second-order valence-corrected chi connectivity index (χ2v) is 5.28. The number of halogens is 4. The first-order valence-corrected chi connectivity index (χ1v) is 6.80. The Bertz CT molecular complexity index is 494. The summed E-state index contributed by atoms with van der Waals surface area (Å²) in [6.07, 6.45) is -4.39. The van der Waals surface area contributed by atoms with Crippen molar-refractivity contribution in [1.29, 1.82) is 0 Å². The zero-order valence-electron chi connectivity index (χ0n) is 12.9. The molecule has 0 heterocycles. The molecule has 0 aliphatic rings. The standard InChI is InChI=1S/C15H21F3N2O.ClH/c1-10(8-14(21)20(3)11(2)9-19)12-6-4-5-7-13(12)15(16,17)18;/h4-7,10-11H,8-9,19H2,1-3H3;1H. The van der Waals surface area contributed by atoms with Crippen LogP contribution in [-0.2, 0) is 11.0 Å². The molecule has 2 unspecified atom stereocenters. The lowest BCUT2D eigenvalue weighted by atomic mass is 9.92. The SMILES string of the molecule is CC(CC(=O)N(C)C(C)CN)c1ccccc1C(F)(F)F.Cl. The first-order chi connectivity index (χ1) is 9.68. The lowest BCUT2D eigenvalue weighted by Gasteiger charge is -2.26. The minimum atomic E-state index is -4.41. The summed E-state index contributed by atoms with van der Waals surface area (Å²) < 4.78 is 38.9. The Kier molecular flexibility index (Phi) is 7.90. The van der Waals surface area contributed by atoms with Crippen molar-refractivity contribution in [2.75, 3.05) is 13.6 Å². The van der Waals surface area contributed by atoms with E-state index in [1.54, 1.807) is 27.0 Å². The van der Waals surface area contributed by atoms with Gasteiger partial charge >= 0.3 is 6.18 Å². The van der Waals surface area contributed by atoms with E-state index in [2.05, 4.69) is 0 Å². The summed E-state index contributed by atoms with van der Waals surface area (Å²) in [7, 11) is 1.61. The number of likely N-dealkylation sites (N-methyl/N-ethyl adjacent to an activating group) is 1. The number of amides is 1. The highest BCUT2D eigenvalue weighted by molar-refractivity contribution is 5.85. The van der Waals surface area contributed by atoms with Crippen molar-refractivity contribution in [3.05, 3.63) is 35.4 Å². The van der Waals surface area contributed by atoms with Gasteiger partial charge in [0.1, 0.15) is 0 Å². The van der Waals surface area contributed by atoms with Crippen LogP contribution >= 0.6 is 12.4 Å². The summed E-state index contributed by atoms with van der Waals surface area (Å²) in [5, 5.41) is 0. The lowest BCUT2D eigenvalue weighted by Crippen LogP contribution is -2.40. The third-order valence-electron chi connectivity index (χ3n) is 3.67. The van der Waals surface area contributed by atoms with Crippen molar-refractivity contribution in [1.82, 2.24) is 4.90 Å². The van der Waals surface area contributed by atoms with E-state index in [4.69, 9.17) is 5.73 Å². The van der Waals surface area contributed by atoms with E-state index in [-0.39, 0.29) is 36.3 Å². The molecule has 0 aromatic heterocycles. The minimum absolute atomic E-state index is 0. The molecule has 2 atom stereocenters. The highest BCUT2D eigenvalue weighted by Gasteiger charge is 2.34. The van der Waals surface area contributed by atoms with Gasteiger partial charge in [-0.15, -0.1) is 12.4 Å². The third kappa shape index (κ3) is 5.18. The molecule has 0 saturated heterocycles. The number of hydrogen-bond acceptors (Lipinski definition) is 2. The normalized spacial score (nSPS) is 14.0. The maximum atomic E-state index is 13.0. The van der Waals surface area contributed by atoms with Gasteiger partial charge in [0.15, 0.2) is 0 Å². The topological polar surface area (TPSA) is 46.3 Å². The van der Waals surface area contributed by atoms with Gasteiger partial charge < -0.3 is 10.6 Å². The molecule has 0 bridgehead atoms. The van der Waals surface area contributed by atoms with Crippen LogP contribution < -0.4 is 5.73 Å². The Morgan fingerprint density at radius 2 is 1.82 bits per heavy atom. The highest BCUT2D eigenvalue weighted by atomic mass is 35.5. The molecule has 1 rings (SSSR count). The maximum absolute atomic E-state index is 13.0. The van der Waals surface area contributed by atoms with Crippen molar-refractivity contribution >= 4 is 18.3 Å². The van der Waals surface area contributed by atoms with Crippen molar-refractivity contribution in [3.63, 3.8) is 0 Å². The van der Waals surface area contributed by atoms with Crippen LogP contribution in [-0.4, -0.2) is 30.4 Å². The van der Waals surface area contributed by atoms with Gasteiger partial charge in [0.25, 0.3) is 0 Å². The lowest BCUT2D eigenvalue weighted by molar-refractivity contribution is -0.139. The molecule has 126 valence electrons. The van der Waals surface area contributed by atoms with Gasteiger partial charge in [0.05, 0.1) is 5.56 Å². The molecule has 0 spiro atoms. The molecule has 1 amide bonds. The van der Waals surface area contributed by atoms with Crippen LogP contribution in [0.25, 0.3) is 0 Å². The van der Waals surface area contributed by atoms with E-state index >= 15 is 0 Å². The molecule has 0 radical (unpaired) electrons. The summed E-state index contributed by atoms with van der Waals surface area (Å²) in [5.74, 6) is -0.722. The van der Waals surface area contributed by atoms with E-state index in [0.717, 1.165) is 6.07 Å². The van der Waals surface area contributed by atoms with Crippen LogP contribution in [0.3, 0.4) is 0 Å². The van der Waals surface area contributed by atoms with E-state index in [1.165, 1.54) is 17.0 Å². The zero-order chi connectivity index (χ0) is 16.2. The van der Waals surface area contributed by atoms with E-state index in [1.807, 2.05) is 0 Å². The average Bonchev–Trinajstić information content (AvgIpc) is 2.44. The quantitative estimate of drug-likeness (QED) is 0.894. The first kappa shape index (κ1) is 20.7. The molecular weight excluding hydrogens is 317 g/mol. The minimum Gasteiger partial charge on any atom is -0.342 e. The van der Waals surface area contributed by atoms with Gasteiger partial charge in [-0.05, 0) is 24.5 Å². The highest BCUT2D eigenvalue weighted by Crippen LogP contribution is 2.36. The zero-order valence-corrected chi connectivity index (χ0v) is 13.7. The molecule has 7 heteroatoms. The molecule has 1 aromatic rings. The molecule has 2 N–H and O–H groups in total. The van der Waals surface area contributed by atoms with Crippen molar-refractivity contribution < 1.29 is 18.0 Å². The summed E-state index contributed by atoms with van der Waals surface area (Å²) in [6, 6.07) is 5.24. The van der Waals surface area contributed by atoms with E-state index in [9.17, 15) is 18.0 Å². The predicted molar refractivity (Wildman–Crippen MR) is 83.0 cm³/mol. The van der Waals surface area contributed by atoms with Crippen LogP contribution in [0.5, 0.6) is 0 Å². The van der Waals surface area contributed by atoms with Gasteiger partial charge in [-0.1, -0.05) is 25.1 Å². The van der Waals surface area contributed by atoms with Crippen molar-refractivity contribution in [2.45, 2.75) is 38.4 Å². The monoisotopic (exact) mass is 338 g/mol. The molecule has 0 aliphatic carbocycles. The molecule has 0 aliphatic heterocycles. The molecule has 0 saturated carbocycles. The fraction of sp³-hybridized carbons (Fsp3) is 0.533. The van der Waals surface area contributed by atoms with E-state index < -0.39 is 17.7 Å². The number of alkyl halides is 3. The Hall–Kier alpha value is -1.27. The summed E-state index contributed by atoms with van der Waals surface area (Å²) in [4.78, 5) is 13.6. The summed E-state index contributed by atoms with van der Waals surface area (Å²) in [6.45, 7) is 3.74. The summed E-state index contributed by atoms with van der Waals surface area (Å²) in [5.41, 5.74) is 4.96. The number of carbonyl (C=O) groups excluding carboxylic acids is 1. The van der Waals surface area contributed by atoms with Crippen LogP contribution in [0, 0.1) is 0 Å². The Labute approximate surface area is 135 Å². The number of carbonyl (C=O) groups is 1. The van der Waals surface area contributed by atoms with Crippen LogP contribution in [0.4, 0.5) is 13.2 Å². The number of nitrogens with two attached hydrogens (primary N) is 1. The number of rotatable bonds is 5. The van der Waals surface area contributed by atoms with Gasteiger partial charge in [-0.3, -0.25) is 4.79 Å². The number of hydrogen-bond donors (Lipinski definition) is 1. The maximum Gasteiger partial charge on any atom is 0.416 e. The van der Waals surface area contributed by atoms with Gasteiger partial charge in [-0.2, -0.15) is 13.2 Å². The first-order valence-electron chi connectivity index (χ1n) is 6.80. The molecule has 1 aromatic carbocycles. The average molecular weight is 339 g/mol. The van der Waals surface area contributed by atoms with Crippen LogP contribution in [0.1, 0.15) is 37.3 Å². The number of nitrogens with zero attached hydrogens (tertiary/aromatic N) is 1. The second-order valence-electron chi connectivity index (χ2n) is 5.28. The van der Waals surface area contributed by atoms with Gasteiger partial charge in [0.2, 0.25) is 5.91 Å². The largest absolute Gasteiger partial charge is 0.416 e. The molecule has 0 fully saturated rings. The van der Waals surface area contributed by atoms with Gasteiger partial charge in [0, 0.05) is 26.1 Å². The Balaban J connectivity index is 0.00000441. The van der Waals surface area contributed by atoms with Crippen LogP contribution in [0.2, 0.25) is 0 Å². The van der Waals surface area contributed by atoms with Crippen molar-refractivity contribution in [3.8, 4) is 0 Å². The fourth-order valence-corrected chi connectivity index (χ4v) is 2.10. The van der Waals surface area contributed by atoms with Gasteiger partial charge in [-0.25, -0.2) is 0 Å². The molecular formula is C15H22ClF3N2O. The van der Waals surface area contributed by atoms with E-state index in [0.29, 0.717) is 6.54 Å². The number of benzene rings is 1. The fourth-order valence-electron chi connectivity index (χ4n) is 2.10. The Morgan fingerprint density at radius 3 is 2.32 bits per heavy atom.